The SMILES string of the molecule is CC(CO)CNC(=O)CN(Cc1ccccc1)c1ccccc1. The van der Waals surface area contributed by atoms with E-state index in [4.69, 9.17) is 5.11 Å². The normalized spacial score (nSPS) is 11.7. The zero-order valence-corrected chi connectivity index (χ0v) is 13.5. The molecule has 2 aromatic carbocycles. The summed E-state index contributed by atoms with van der Waals surface area (Å²) >= 11 is 0. The standard InChI is InChI=1S/C19H24N2O2/c1-16(15-22)12-20-19(23)14-21(18-10-6-3-7-11-18)13-17-8-4-2-5-9-17/h2-11,16,22H,12-15H2,1H3,(H,20,23). The van der Waals surface area contributed by atoms with Crippen molar-refractivity contribution >= 4 is 11.6 Å². The molecule has 2 rings (SSSR count). The Morgan fingerprint density at radius 3 is 2.30 bits per heavy atom. The molecule has 4 heteroatoms. The molecule has 0 aliphatic rings. The van der Waals surface area contributed by atoms with Crippen molar-refractivity contribution in [2.45, 2.75) is 13.5 Å². The number of hydrogen-bond donors (Lipinski definition) is 2. The number of anilines is 1. The van der Waals surface area contributed by atoms with Crippen LogP contribution in [0.1, 0.15) is 12.5 Å². The van der Waals surface area contributed by atoms with E-state index in [2.05, 4.69) is 17.4 Å². The van der Waals surface area contributed by atoms with Gasteiger partial charge in [0, 0.05) is 25.4 Å². The molecule has 1 atom stereocenters. The Bertz CT molecular complexity index is 587. The van der Waals surface area contributed by atoms with E-state index >= 15 is 0 Å². The summed E-state index contributed by atoms with van der Waals surface area (Å²) in [7, 11) is 0. The molecule has 0 spiro atoms. The number of nitrogens with one attached hydrogen (secondary N) is 1. The molecule has 0 aliphatic heterocycles. The molecule has 4 nitrogen and oxygen atoms in total. The highest BCUT2D eigenvalue weighted by atomic mass is 16.3. The van der Waals surface area contributed by atoms with Crippen molar-refractivity contribution in [1.29, 1.82) is 0 Å². The quantitative estimate of drug-likeness (QED) is 0.787. The molecule has 0 aromatic heterocycles. The van der Waals surface area contributed by atoms with Crippen molar-refractivity contribution in [2.75, 3.05) is 24.6 Å². The van der Waals surface area contributed by atoms with Crippen LogP contribution in [0.3, 0.4) is 0 Å². The van der Waals surface area contributed by atoms with Crippen LogP contribution in [0.5, 0.6) is 0 Å². The number of nitrogens with zero attached hydrogens (tertiary/aromatic N) is 1. The fraction of sp³-hybridized carbons (Fsp3) is 0.316. The van der Waals surface area contributed by atoms with Gasteiger partial charge in [0.2, 0.25) is 5.91 Å². The maximum atomic E-state index is 12.2. The van der Waals surface area contributed by atoms with Gasteiger partial charge in [-0.05, 0) is 23.6 Å². The third-order valence-corrected chi connectivity index (χ3v) is 3.63. The van der Waals surface area contributed by atoms with Gasteiger partial charge in [0.05, 0.1) is 6.54 Å². The van der Waals surface area contributed by atoms with Crippen molar-refractivity contribution in [3.05, 3.63) is 66.2 Å². The molecule has 2 aromatic rings. The lowest BCUT2D eigenvalue weighted by atomic mass is 10.2. The summed E-state index contributed by atoms with van der Waals surface area (Å²) in [6.07, 6.45) is 0. The average Bonchev–Trinajstić information content (AvgIpc) is 2.60. The summed E-state index contributed by atoms with van der Waals surface area (Å²) in [4.78, 5) is 14.3. The number of carbonyl (C=O) groups excluding carboxylic acids is 1. The first-order chi connectivity index (χ1) is 11.2. The van der Waals surface area contributed by atoms with Gasteiger partial charge >= 0.3 is 0 Å². The van der Waals surface area contributed by atoms with Crippen molar-refractivity contribution in [3.8, 4) is 0 Å². The molecule has 0 aliphatic carbocycles. The maximum Gasteiger partial charge on any atom is 0.239 e. The van der Waals surface area contributed by atoms with Crippen molar-refractivity contribution in [3.63, 3.8) is 0 Å². The zero-order chi connectivity index (χ0) is 16.5. The zero-order valence-electron chi connectivity index (χ0n) is 13.5. The number of para-hydroxylation sites is 1. The van der Waals surface area contributed by atoms with Crippen LogP contribution in [-0.2, 0) is 11.3 Å². The van der Waals surface area contributed by atoms with Crippen molar-refractivity contribution in [2.24, 2.45) is 5.92 Å². The number of hydrogen-bond acceptors (Lipinski definition) is 3. The predicted octanol–water partition coefficient (Wildman–Crippen LogP) is 2.44. The van der Waals surface area contributed by atoms with E-state index in [0.717, 1.165) is 11.3 Å². The summed E-state index contributed by atoms with van der Waals surface area (Å²) in [5, 5.41) is 11.9. The summed E-state index contributed by atoms with van der Waals surface area (Å²) in [6, 6.07) is 20.0. The Kier molecular flexibility index (Phi) is 6.63. The highest BCUT2D eigenvalue weighted by molar-refractivity contribution is 5.81. The Labute approximate surface area is 137 Å². The highest BCUT2D eigenvalue weighted by Crippen LogP contribution is 2.16. The minimum atomic E-state index is -0.0370. The van der Waals surface area contributed by atoms with Crippen LogP contribution in [0.2, 0.25) is 0 Å². The van der Waals surface area contributed by atoms with Gasteiger partial charge in [-0.1, -0.05) is 55.5 Å². The first kappa shape index (κ1) is 17.0. The van der Waals surface area contributed by atoms with E-state index in [1.807, 2.05) is 60.4 Å². The van der Waals surface area contributed by atoms with Gasteiger partial charge in [0.1, 0.15) is 0 Å². The van der Waals surface area contributed by atoms with Crippen molar-refractivity contribution in [1.82, 2.24) is 5.32 Å². The number of aliphatic hydroxyl groups excluding tert-OH is 1. The molecule has 122 valence electrons. The third-order valence-electron chi connectivity index (χ3n) is 3.63. The van der Waals surface area contributed by atoms with Crippen LogP contribution in [0.15, 0.2) is 60.7 Å². The second-order valence-corrected chi connectivity index (χ2v) is 5.77. The Morgan fingerprint density at radius 2 is 1.70 bits per heavy atom. The second kappa shape index (κ2) is 8.96. The molecule has 0 saturated heterocycles. The molecule has 0 heterocycles. The molecule has 1 unspecified atom stereocenters. The Balaban J connectivity index is 2.03. The van der Waals surface area contributed by atoms with E-state index in [9.17, 15) is 4.79 Å². The maximum absolute atomic E-state index is 12.2. The Morgan fingerprint density at radius 1 is 1.09 bits per heavy atom. The monoisotopic (exact) mass is 312 g/mol. The van der Waals surface area contributed by atoms with Gasteiger partial charge in [-0.2, -0.15) is 0 Å². The lowest BCUT2D eigenvalue weighted by Crippen LogP contribution is -2.39. The lowest BCUT2D eigenvalue weighted by molar-refractivity contribution is -0.120. The molecule has 0 bridgehead atoms. The number of amides is 1. The largest absolute Gasteiger partial charge is 0.396 e. The van der Waals surface area contributed by atoms with E-state index in [1.165, 1.54) is 0 Å². The van der Waals surface area contributed by atoms with Crippen LogP contribution >= 0.6 is 0 Å². The van der Waals surface area contributed by atoms with Gasteiger partial charge in [-0.15, -0.1) is 0 Å². The van der Waals surface area contributed by atoms with E-state index in [-0.39, 0.29) is 25.0 Å². The number of benzene rings is 2. The van der Waals surface area contributed by atoms with Gasteiger partial charge in [-0.25, -0.2) is 0 Å². The third kappa shape index (κ3) is 5.75. The van der Waals surface area contributed by atoms with E-state index in [1.54, 1.807) is 0 Å². The molecule has 23 heavy (non-hydrogen) atoms. The number of aliphatic hydroxyl groups is 1. The van der Waals surface area contributed by atoms with Crippen LogP contribution < -0.4 is 10.2 Å². The van der Waals surface area contributed by atoms with Crippen LogP contribution in [0, 0.1) is 5.92 Å². The van der Waals surface area contributed by atoms with E-state index in [0.29, 0.717) is 13.1 Å². The summed E-state index contributed by atoms with van der Waals surface area (Å²) in [5.41, 5.74) is 2.18. The molecule has 0 saturated carbocycles. The Hall–Kier alpha value is -2.33. The average molecular weight is 312 g/mol. The van der Waals surface area contributed by atoms with Crippen LogP contribution in [0.4, 0.5) is 5.69 Å². The molecular formula is C19H24N2O2. The molecule has 0 radical (unpaired) electrons. The topological polar surface area (TPSA) is 52.6 Å². The van der Waals surface area contributed by atoms with Crippen LogP contribution in [-0.4, -0.2) is 30.7 Å². The molecule has 1 amide bonds. The van der Waals surface area contributed by atoms with Gasteiger partial charge < -0.3 is 15.3 Å². The van der Waals surface area contributed by atoms with Gasteiger partial charge in [0.15, 0.2) is 0 Å². The fourth-order valence-electron chi connectivity index (χ4n) is 2.26. The smallest absolute Gasteiger partial charge is 0.239 e. The van der Waals surface area contributed by atoms with Crippen molar-refractivity contribution < 1.29 is 9.90 Å². The van der Waals surface area contributed by atoms with E-state index < -0.39 is 0 Å². The molecule has 0 fully saturated rings. The van der Waals surface area contributed by atoms with Gasteiger partial charge in [-0.3, -0.25) is 4.79 Å². The molecule has 2 N–H and O–H groups in total. The minimum Gasteiger partial charge on any atom is -0.396 e. The lowest BCUT2D eigenvalue weighted by Gasteiger charge is -2.24. The second-order valence-electron chi connectivity index (χ2n) is 5.77. The highest BCUT2D eigenvalue weighted by Gasteiger charge is 2.12. The minimum absolute atomic E-state index is 0.0370. The van der Waals surface area contributed by atoms with Gasteiger partial charge in [0.25, 0.3) is 0 Å². The predicted molar refractivity (Wildman–Crippen MR) is 93.2 cm³/mol. The summed E-state index contributed by atoms with van der Waals surface area (Å²) in [6.45, 7) is 3.43. The molecular weight excluding hydrogens is 288 g/mol. The number of carbonyl (C=O) groups is 1. The fourth-order valence-corrected chi connectivity index (χ4v) is 2.26. The number of rotatable bonds is 8. The summed E-state index contributed by atoms with van der Waals surface area (Å²) < 4.78 is 0. The summed E-state index contributed by atoms with van der Waals surface area (Å²) in [5.74, 6) is 0.0309. The van der Waals surface area contributed by atoms with Crippen LogP contribution in [0.25, 0.3) is 0 Å². The first-order valence-corrected chi connectivity index (χ1v) is 7.90. The first-order valence-electron chi connectivity index (χ1n) is 7.90.